The average Bonchev–Trinajstić information content (AvgIpc) is 3.07. The number of benzene rings is 1. The number of rotatable bonds is 7. The summed E-state index contributed by atoms with van der Waals surface area (Å²) >= 11 is 1.44. The maximum atomic E-state index is 12.1. The van der Waals surface area contributed by atoms with Crippen LogP contribution in [-0.2, 0) is 17.8 Å². The Kier molecular flexibility index (Phi) is 5.58. The molecule has 0 unspecified atom stereocenters. The quantitative estimate of drug-likeness (QED) is 0.682. The lowest BCUT2D eigenvalue weighted by Crippen LogP contribution is -2.24. The summed E-state index contributed by atoms with van der Waals surface area (Å²) in [5.74, 6) is 1.41. The van der Waals surface area contributed by atoms with Gasteiger partial charge in [0.05, 0.1) is 19.2 Å². The molecule has 2 aromatic heterocycles. The highest BCUT2D eigenvalue weighted by molar-refractivity contribution is 7.13. The van der Waals surface area contributed by atoms with E-state index in [0.717, 1.165) is 22.8 Å². The summed E-state index contributed by atoms with van der Waals surface area (Å²) in [7, 11) is 1.62. The zero-order valence-corrected chi connectivity index (χ0v) is 14.5. The van der Waals surface area contributed by atoms with Gasteiger partial charge in [-0.05, 0) is 18.2 Å². The van der Waals surface area contributed by atoms with Crippen molar-refractivity contribution in [3.05, 3.63) is 65.3 Å². The normalized spacial score (nSPS) is 10.3. The molecule has 0 aliphatic carbocycles. The van der Waals surface area contributed by atoms with Crippen molar-refractivity contribution in [1.29, 1.82) is 0 Å². The number of pyridine rings is 1. The first-order chi connectivity index (χ1) is 12.2. The number of aromatic nitrogens is 2. The minimum absolute atomic E-state index is 0.0828. The van der Waals surface area contributed by atoms with Gasteiger partial charge >= 0.3 is 0 Å². The molecule has 3 rings (SSSR count). The van der Waals surface area contributed by atoms with Crippen molar-refractivity contribution in [2.45, 2.75) is 13.0 Å². The fourth-order valence-corrected chi connectivity index (χ4v) is 2.98. The lowest BCUT2D eigenvalue weighted by Gasteiger charge is -2.09. The van der Waals surface area contributed by atoms with Gasteiger partial charge in [0.25, 0.3) is 0 Å². The van der Waals surface area contributed by atoms with E-state index < -0.39 is 0 Å². The fourth-order valence-electron chi connectivity index (χ4n) is 2.26. The lowest BCUT2D eigenvalue weighted by atomic mass is 10.2. The summed E-state index contributed by atoms with van der Waals surface area (Å²) in [5, 5.41) is 8.60. The molecule has 2 heterocycles. The topological polar surface area (TPSA) is 76.1 Å². The van der Waals surface area contributed by atoms with Crippen LogP contribution in [-0.4, -0.2) is 23.0 Å². The van der Waals surface area contributed by atoms with E-state index in [1.54, 1.807) is 13.3 Å². The van der Waals surface area contributed by atoms with Gasteiger partial charge in [0.1, 0.15) is 11.6 Å². The predicted octanol–water partition coefficient (Wildman–Crippen LogP) is 3.15. The Hall–Kier alpha value is -2.93. The second-order valence-corrected chi connectivity index (χ2v) is 6.11. The number of nitrogens with zero attached hydrogens (tertiary/aromatic N) is 2. The lowest BCUT2D eigenvalue weighted by molar-refractivity contribution is -0.120. The molecule has 0 saturated heterocycles. The largest absolute Gasteiger partial charge is 0.496 e. The Morgan fingerprint density at radius 3 is 2.84 bits per heavy atom. The van der Waals surface area contributed by atoms with Crippen LogP contribution in [0, 0.1) is 0 Å². The molecular weight excluding hydrogens is 336 g/mol. The number of ether oxygens (including phenoxy) is 1. The number of para-hydroxylation sites is 1. The van der Waals surface area contributed by atoms with E-state index in [1.807, 2.05) is 47.8 Å². The van der Waals surface area contributed by atoms with E-state index in [1.165, 1.54) is 11.3 Å². The van der Waals surface area contributed by atoms with Crippen LogP contribution in [0.3, 0.4) is 0 Å². The molecule has 25 heavy (non-hydrogen) atoms. The highest BCUT2D eigenvalue weighted by atomic mass is 32.1. The van der Waals surface area contributed by atoms with E-state index in [0.29, 0.717) is 11.7 Å². The van der Waals surface area contributed by atoms with Gasteiger partial charge in [-0.15, -0.1) is 11.3 Å². The third-order valence-corrected chi connectivity index (χ3v) is 4.27. The maximum Gasteiger partial charge on any atom is 0.226 e. The van der Waals surface area contributed by atoms with Gasteiger partial charge < -0.3 is 15.4 Å². The van der Waals surface area contributed by atoms with E-state index in [9.17, 15) is 4.79 Å². The summed E-state index contributed by atoms with van der Waals surface area (Å²) in [6.45, 7) is 0.423. The molecule has 1 aromatic carbocycles. The number of methoxy groups -OCH3 is 1. The second-order valence-electron chi connectivity index (χ2n) is 5.25. The molecule has 0 bridgehead atoms. The van der Waals surface area contributed by atoms with Crippen molar-refractivity contribution >= 4 is 28.2 Å². The number of nitrogens with one attached hydrogen (secondary N) is 2. The van der Waals surface area contributed by atoms with Crippen LogP contribution in [0.15, 0.2) is 54.0 Å². The third-order valence-electron chi connectivity index (χ3n) is 3.46. The van der Waals surface area contributed by atoms with Gasteiger partial charge in [0.15, 0.2) is 5.13 Å². The Morgan fingerprint density at radius 1 is 1.20 bits per heavy atom. The van der Waals surface area contributed by atoms with E-state index >= 15 is 0 Å². The van der Waals surface area contributed by atoms with Crippen LogP contribution < -0.4 is 15.4 Å². The number of carbonyl (C=O) groups is 1. The smallest absolute Gasteiger partial charge is 0.226 e. The van der Waals surface area contributed by atoms with Crippen LogP contribution in [0.25, 0.3) is 0 Å². The van der Waals surface area contributed by atoms with Gasteiger partial charge in [-0.1, -0.05) is 24.3 Å². The molecule has 6 nitrogen and oxygen atoms in total. The molecule has 3 aromatic rings. The van der Waals surface area contributed by atoms with E-state index in [2.05, 4.69) is 20.6 Å². The first-order valence-corrected chi connectivity index (χ1v) is 8.63. The minimum Gasteiger partial charge on any atom is -0.496 e. The zero-order valence-electron chi connectivity index (χ0n) is 13.7. The summed E-state index contributed by atoms with van der Waals surface area (Å²) in [6, 6.07) is 13.2. The average molecular weight is 354 g/mol. The second kappa shape index (κ2) is 8.25. The van der Waals surface area contributed by atoms with Crippen molar-refractivity contribution in [3.8, 4) is 5.75 Å². The third kappa shape index (κ3) is 4.77. The highest BCUT2D eigenvalue weighted by Gasteiger charge is 2.09. The summed E-state index contributed by atoms with van der Waals surface area (Å²) in [5.41, 5.74) is 1.66. The number of amides is 1. The van der Waals surface area contributed by atoms with Crippen LogP contribution in [0.4, 0.5) is 10.9 Å². The first-order valence-electron chi connectivity index (χ1n) is 7.75. The van der Waals surface area contributed by atoms with Crippen LogP contribution in [0.5, 0.6) is 5.75 Å². The number of thiazole rings is 1. The number of carbonyl (C=O) groups excluding carboxylic acids is 1. The minimum atomic E-state index is -0.0828. The fraction of sp³-hybridized carbons (Fsp3) is 0.167. The zero-order chi connectivity index (χ0) is 17.5. The van der Waals surface area contributed by atoms with Crippen molar-refractivity contribution in [3.63, 3.8) is 0 Å². The summed E-state index contributed by atoms with van der Waals surface area (Å²) in [6.07, 6.45) is 1.94. The molecule has 0 spiro atoms. The molecular formula is C18H18N4O2S. The van der Waals surface area contributed by atoms with E-state index in [-0.39, 0.29) is 12.3 Å². The molecule has 0 fully saturated rings. The Bertz CT molecular complexity index is 836. The van der Waals surface area contributed by atoms with Crippen molar-refractivity contribution < 1.29 is 9.53 Å². The maximum absolute atomic E-state index is 12.1. The summed E-state index contributed by atoms with van der Waals surface area (Å²) < 4.78 is 5.28. The van der Waals surface area contributed by atoms with Gasteiger partial charge in [-0.3, -0.25) is 4.79 Å². The van der Waals surface area contributed by atoms with Crippen LogP contribution in [0.1, 0.15) is 11.3 Å². The van der Waals surface area contributed by atoms with Crippen molar-refractivity contribution in [2.75, 3.05) is 12.4 Å². The molecule has 0 aliphatic rings. The number of anilines is 2. The molecule has 7 heteroatoms. The predicted molar refractivity (Wildman–Crippen MR) is 98.2 cm³/mol. The van der Waals surface area contributed by atoms with Gasteiger partial charge in [0, 0.05) is 23.7 Å². The molecule has 0 atom stereocenters. The molecule has 2 N–H and O–H groups in total. The van der Waals surface area contributed by atoms with Crippen LogP contribution >= 0.6 is 11.3 Å². The standard InChI is InChI=1S/C18H18N4O2S/c1-24-15-7-3-2-6-13(15)11-20-17(23)10-14-12-25-18(21-14)22-16-8-4-5-9-19-16/h2-9,12H,10-11H2,1H3,(H,20,23)(H,19,21,22). The monoisotopic (exact) mass is 354 g/mol. The molecule has 0 saturated carbocycles. The van der Waals surface area contributed by atoms with Crippen molar-refractivity contribution in [2.24, 2.45) is 0 Å². The molecule has 128 valence electrons. The highest BCUT2D eigenvalue weighted by Crippen LogP contribution is 2.20. The molecule has 0 radical (unpaired) electrons. The summed E-state index contributed by atoms with van der Waals surface area (Å²) in [4.78, 5) is 20.7. The van der Waals surface area contributed by atoms with Crippen LogP contribution in [0.2, 0.25) is 0 Å². The van der Waals surface area contributed by atoms with Gasteiger partial charge in [-0.25, -0.2) is 9.97 Å². The Labute approximate surface area is 149 Å². The molecule has 0 aliphatic heterocycles. The Balaban J connectivity index is 1.53. The Morgan fingerprint density at radius 2 is 2.04 bits per heavy atom. The SMILES string of the molecule is COc1ccccc1CNC(=O)Cc1csc(Nc2ccccn2)n1. The van der Waals surface area contributed by atoms with Gasteiger partial charge in [0.2, 0.25) is 5.91 Å². The van der Waals surface area contributed by atoms with Crippen molar-refractivity contribution in [1.82, 2.24) is 15.3 Å². The van der Waals surface area contributed by atoms with Gasteiger partial charge in [-0.2, -0.15) is 0 Å². The molecule has 1 amide bonds. The van der Waals surface area contributed by atoms with E-state index in [4.69, 9.17) is 4.74 Å². The first kappa shape index (κ1) is 16.9. The number of hydrogen-bond acceptors (Lipinski definition) is 6. The number of hydrogen-bond donors (Lipinski definition) is 2.